The fourth-order valence-electron chi connectivity index (χ4n) is 9.86. The highest BCUT2D eigenvalue weighted by Crippen LogP contribution is 2.65. The van der Waals surface area contributed by atoms with Crippen LogP contribution in [0.5, 0.6) is 0 Å². The van der Waals surface area contributed by atoms with Gasteiger partial charge in [0, 0.05) is 19.0 Å². The van der Waals surface area contributed by atoms with Crippen molar-refractivity contribution in [3.8, 4) is 0 Å². The van der Waals surface area contributed by atoms with Crippen LogP contribution in [0.4, 0.5) is 0 Å². The molecule has 6 aliphatic rings. The Morgan fingerprint density at radius 1 is 1.15 bits per heavy atom. The smallest absolute Gasteiger partial charge is 0.217 e. The molecule has 6 rings (SSSR count). The highest BCUT2D eigenvalue weighted by atomic mass is 16.5. The van der Waals surface area contributed by atoms with Crippen LogP contribution in [0.1, 0.15) is 98.3 Å². The molecule has 2 N–H and O–H groups in total. The van der Waals surface area contributed by atoms with Gasteiger partial charge in [-0.15, -0.1) is 0 Å². The summed E-state index contributed by atoms with van der Waals surface area (Å²) in [7, 11) is 0. The van der Waals surface area contributed by atoms with Crippen molar-refractivity contribution in [2.24, 2.45) is 35.0 Å². The van der Waals surface area contributed by atoms with Crippen LogP contribution in [0.3, 0.4) is 0 Å². The van der Waals surface area contributed by atoms with Crippen molar-refractivity contribution in [2.75, 3.05) is 6.54 Å². The number of allylic oxidation sites excluding steroid dienone is 1. The van der Waals surface area contributed by atoms with E-state index in [2.05, 4.69) is 31.4 Å². The minimum atomic E-state index is 0.0981. The second kappa shape index (κ2) is 8.08. The Kier molecular flexibility index (Phi) is 5.53. The van der Waals surface area contributed by atoms with Crippen molar-refractivity contribution in [1.29, 1.82) is 0 Å². The second-order valence-electron chi connectivity index (χ2n) is 13.5. The van der Waals surface area contributed by atoms with E-state index in [1.165, 1.54) is 70.6 Å². The van der Waals surface area contributed by atoms with Crippen LogP contribution in [0.15, 0.2) is 11.1 Å². The molecule has 0 aromatic carbocycles. The van der Waals surface area contributed by atoms with Crippen LogP contribution >= 0.6 is 0 Å². The van der Waals surface area contributed by atoms with E-state index in [1.807, 2.05) is 5.57 Å². The van der Waals surface area contributed by atoms with Gasteiger partial charge in [-0.3, -0.25) is 4.79 Å². The maximum absolute atomic E-state index is 11.6. The zero-order valence-electron chi connectivity index (χ0n) is 21.4. The van der Waals surface area contributed by atoms with Gasteiger partial charge < -0.3 is 15.4 Å². The van der Waals surface area contributed by atoms with E-state index in [9.17, 15) is 4.79 Å². The average molecular weight is 455 g/mol. The van der Waals surface area contributed by atoms with Crippen molar-refractivity contribution in [2.45, 2.75) is 122 Å². The summed E-state index contributed by atoms with van der Waals surface area (Å²) in [6.45, 7) is 10.3. The number of hydrogen-bond acceptors (Lipinski definition) is 3. The van der Waals surface area contributed by atoms with Gasteiger partial charge in [-0.1, -0.05) is 25.0 Å². The molecule has 1 amide bonds. The summed E-state index contributed by atoms with van der Waals surface area (Å²) in [5.74, 6) is 4.21. The van der Waals surface area contributed by atoms with Gasteiger partial charge in [-0.2, -0.15) is 0 Å². The molecule has 0 aromatic heterocycles. The van der Waals surface area contributed by atoms with E-state index in [0.29, 0.717) is 23.6 Å². The Balaban J connectivity index is 1.20. The minimum absolute atomic E-state index is 0.0981. The molecule has 4 aliphatic carbocycles. The summed E-state index contributed by atoms with van der Waals surface area (Å²) in [5.41, 5.74) is 4.09. The molecular weight excluding hydrogens is 408 g/mol. The Hall–Kier alpha value is -0.870. The normalized spacial score (nSPS) is 51.4. The monoisotopic (exact) mass is 454 g/mol. The van der Waals surface area contributed by atoms with Crippen LogP contribution in [0, 0.1) is 35.0 Å². The Morgan fingerprint density at radius 2 is 2.00 bits per heavy atom. The molecule has 5 fully saturated rings. The molecule has 184 valence electrons. The quantitative estimate of drug-likeness (QED) is 0.524. The molecule has 4 nitrogen and oxygen atoms in total. The lowest BCUT2D eigenvalue weighted by Gasteiger charge is -2.54. The number of rotatable bonds is 1. The minimum Gasteiger partial charge on any atom is -0.370 e. The number of ether oxygens (including phenoxy) is 1. The van der Waals surface area contributed by atoms with Gasteiger partial charge in [0.05, 0.1) is 11.7 Å². The van der Waals surface area contributed by atoms with E-state index < -0.39 is 0 Å². The standard InChI is InChI=1S/C29H46N2O2/c1-17-11-27-26(30-16-17)15-29(33-27)10-8-22-23-6-5-20-12-21(31-19(3)32)7-9-28(20,4)25(23)13-24(22)18(2)14-29/h17,20-23,25-27,30H,5-16H2,1-4H3,(H,31,32). The molecular formula is C29H46N2O2. The molecule has 10 atom stereocenters. The van der Waals surface area contributed by atoms with Gasteiger partial charge in [0.2, 0.25) is 5.91 Å². The molecule has 3 saturated carbocycles. The van der Waals surface area contributed by atoms with Crippen molar-refractivity contribution in [1.82, 2.24) is 10.6 Å². The summed E-state index contributed by atoms with van der Waals surface area (Å²) >= 11 is 0. The first-order valence-corrected chi connectivity index (χ1v) is 14.1. The lowest BCUT2D eigenvalue weighted by Crippen LogP contribution is -2.50. The third-order valence-electron chi connectivity index (χ3n) is 11.4. The van der Waals surface area contributed by atoms with Gasteiger partial charge in [0.25, 0.3) is 0 Å². The number of hydrogen-bond donors (Lipinski definition) is 2. The van der Waals surface area contributed by atoms with Crippen LogP contribution < -0.4 is 10.6 Å². The van der Waals surface area contributed by atoms with Crippen LogP contribution in [0.25, 0.3) is 0 Å². The zero-order chi connectivity index (χ0) is 23.0. The molecule has 2 heterocycles. The largest absolute Gasteiger partial charge is 0.370 e. The first-order chi connectivity index (χ1) is 15.8. The number of amides is 1. The molecule has 33 heavy (non-hydrogen) atoms. The third-order valence-corrected chi connectivity index (χ3v) is 11.4. The van der Waals surface area contributed by atoms with Crippen LogP contribution in [-0.4, -0.2) is 36.2 Å². The zero-order valence-corrected chi connectivity index (χ0v) is 21.4. The highest BCUT2D eigenvalue weighted by Gasteiger charge is 2.57. The van der Waals surface area contributed by atoms with Gasteiger partial charge in [-0.25, -0.2) is 0 Å². The molecule has 0 aromatic rings. The van der Waals surface area contributed by atoms with E-state index in [0.717, 1.165) is 36.1 Å². The highest BCUT2D eigenvalue weighted by molar-refractivity contribution is 5.73. The second-order valence-corrected chi connectivity index (χ2v) is 13.5. The topological polar surface area (TPSA) is 50.4 Å². The first-order valence-electron chi connectivity index (χ1n) is 14.1. The predicted molar refractivity (Wildman–Crippen MR) is 132 cm³/mol. The molecule has 0 radical (unpaired) electrons. The summed E-state index contributed by atoms with van der Waals surface area (Å²) in [4.78, 5) is 11.6. The Morgan fingerprint density at radius 3 is 2.82 bits per heavy atom. The van der Waals surface area contributed by atoms with Gasteiger partial charge in [-0.05, 0) is 119 Å². The van der Waals surface area contributed by atoms with Crippen LogP contribution in [-0.2, 0) is 9.53 Å². The summed E-state index contributed by atoms with van der Waals surface area (Å²) in [5, 5.41) is 7.06. The van der Waals surface area contributed by atoms with E-state index in [4.69, 9.17) is 4.74 Å². The number of carbonyl (C=O) groups excluding carboxylic acids is 1. The van der Waals surface area contributed by atoms with Crippen LogP contribution in [0.2, 0.25) is 0 Å². The molecule has 10 unspecified atom stereocenters. The maximum atomic E-state index is 11.6. The van der Waals surface area contributed by atoms with Crippen molar-refractivity contribution < 1.29 is 9.53 Å². The van der Waals surface area contributed by atoms with Crippen molar-refractivity contribution in [3.63, 3.8) is 0 Å². The van der Waals surface area contributed by atoms with Gasteiger partial charge in [0.15, 0.2) is 0 Å². The number of carbonyl (C=O) groups is 1. The fraction of sp³-hybridized carbons (Fsp3) is 0.897. The lowest BCUT2D eigenvalue weighted by atomic mass is 9.52. The van der Waals surface area contributed by atoms with E-state index in [-0.39, 0.29) is 11.5 Å². The van der Waals surface area contributed by atoms with E-state index >= 15 is 0 Å². The summed E-state index contributed by atoms with van der Waals surface area (Å²) in [6, 6.07) is 0.988. The first kappa shape index (κ1) is 22.6. The third kappa shape index (κ3) is 3.73. The molecule has 2 aliphatic heterocycles. The average Bonchev–Trinajstić information content (AvgIpc) is 3.27. The van der Waals surface area contributed by atoms with Gasteiger partial charge >= 0.3 is 0 Å². The molecule has 2 saturated heterocycles. The molecule has 1 spiro atoms. The Labute approximate surface area is 201 Å². The van der Waals surface area contributed by atoms with E-state index in [1.54, 1.807) is 12.5 Å². The summed E-state index contributed by atoms with van der Waals surface area (Å²) < 4.78 is 6.93. The summed E-state index contributed by atoms with van der Waals surface area (Å²) in [6.07, 6.45) is 14.5. The molecule has 0 bridgehead atoms. The predicted octanol–water partition coefficient (Wildman–Crippen LogP) is 5.37. The fourth-order valence-corrected chi connectivity index (χ4v) is 9.86. The van der Waals surface area contributed by atoms with Crippen molar-refractivity contribution >= 4 is 5.91 Å². The molecule has 4 heteroatoms. The maximum Gasteiger partial charge on any atom is 0.217 e. The number of nitrogens with one attached hydrogen (secondary N) is 2. The number of piperidine rings is 1. The van der Waals surface area contributed by atoms with Gasteiger partial charge in [0.1, 0.15) is 0 Å². The Bertz CT molecular complexity index is 837. The SMILES string of the molecule is CC(=O)NC1CCC2(C)C(CCC3C4CCC5(CC(C)=C4CC32)CC2NCC(C)CC2O5)C1. The van der Waals surface area contributed by atoms with Crippen molar-refractivity contribution in [3.05, 3.63) is 11.1 Å². The number of fused-ring (bicyclic) bond motifs is 6. The lowest BCUT2D eigenvalue weighted by molar-refractivity contribution is -0.121.